The van der Waals surface area contributed by atoms with Gasteiger partial charge in [0.1, 0.15) is 17.2 Å². The standard InChI is InChI=1S/C32H30O5/c1-5-32(3,25-12-6-22(2)7-13-25)26-14-20-29(21-15-26)37-31(34)24-10-18-28(19-11-24)36-27-16-8-23(9-17-27)30(33)35-4/h6-21H,5H2,1-4H3. The number of esters is 2. The van der Waals surface area contributed by atoms with E-state index in [1.165, 1.54) is 23.8 Å². The van der Waals surface area contributed by atoms with E-state index in [2.05, 4.69) is 45.0 Å². The predicted molar refractivity (Wildman–Crippen MR) is 144 cm³/mol. The van der Waals surface area contributed by atoms with E-state index in [4.69, 9.17) is 14.2 Å². The molecular formula is C32H30O5. The van der Waals surface area contributed by atoms with Gasteiger partial charge >= 0.3 is 11.9 Å². The van der Waals surface area contributed by atoms with Crippen molar-refractivity contribution in [3.8, 4) is 17.2 Å². The molecule has 0 N–H and O–H groups in total. The molecule has 1 atom stereocenters. The lowest BCUT2D eigenvalue weighted by Crippen LogP contribution is -2.22. The molecule has 0 aromatic heterocycles. The zero-order valence-electron chi connectivity index (χ0n) is 21.5. The van der Waals surface area contributed by atoms with Crippen LogP contribution in [0.15, 0.2) is 97.1 Å². The van der Waals surface area contributed by atoms with Crippen LogP contribution in [-0.4, -0.2) is 19.0 Å². The summed E-state index contributed by atoms with van der Waals surface area (Å²) in [5.74, 6) is 0.754. The maximum atomic E-state index is 12.7. The largest absolute Gasteiger partial charge is 0.465 e. The van der Waals surface area contributed by atoms with Crippen LogP contribution in [0.4, 0.5) is 0 Å². The van der Waals surface area contributed by atoms with Crippen molar-refractivity contribution in [2.24, 2.45) is 0 Å². The summed E-state index contributed by atoms with van der Waals surface area (Å²) >= 11 is 0. The Morgan fingerprint density at radius 1 is 0.649 bits per heavy atom. The van der Waals surface area contributed by atoms with Crippen LogP contribution in [0.1, 0.15) is 57.7 Å². The number of carbonyl (C=O) groups excluding carboxylic acids is 2. The minimum absolute atomic E-state index is 0.133. The van der Waals surface area contributed by atoms with Gasteiger partial charge in [-0.1, -0.05) is 55.8 Å². The first kappa shape index (κ1) is 25.7. The van der Waals surface area contributed by atoms with Gasteiger partial charge in [0.15, 0.2) is 0 Å². The first-order valence-corrected chi connectivity index (χ1v) is 12.2. The Balaban J connectivity index is 1.40. The highest BCUT2D eigenvalue weighted by atomic mass is 16.5. The number of benzene rings is 4. The molecule has 0 aliphatic carbocycles. The van der Waals surface area contributed by atoms with Crippen LogP contribution in [0.5, 0.6) is 17.2 Å². The SMILES string of the molecule is CCC(C)(c1ccc(C)cc1)c1ccc(OC(=O)c2ccc(Oc3ccc(C(=O)OC)cc3)cc2)cc1. The van der Waals surface area contributed by atoms with E-state index in [1.54, 1.807) is 48.5 Å². The Morgan fingerprint density at radius 2 is 1.08 bits per heavy atom. The van der Waals surface area contributed by atoms with Crippen molar-refractivity contribution in [1.82, 2.24) is 0 Å². The Morgan fingerprint density at radius 3 is 1.54 bits per heavy atom. The van der Waals surface area contributed by atoms with E-state index < -0.39 is 11.9 Å². The van der Waals surface area contributed by atoms with Gasteiger partial charge in [-0.15, -0.1) is 0 Å². The van der Waals surface area contributed by atoms with Crippen LogP contribution >= 0.6 is 0 Å². The first-order chi connectivity index (χ1) is 17.8. The number of rotatable bonds is 8. The number of hydrogen-bond acceptors (Lipinski definition) is 5. The highest BCUT2D eigenvalue weighted by Crippen LogP contribution is 2.36. The van der Waals surface area contributed by atoms with Crippen LogP contribution in [0, 0.1) is 6.92 Å². The number of hydrogen-bond donors (Lipinski definition) is 0. The molecule has 188 valence electrons. The number of ether oxygens (including phenoxy) is 3. The molecular weight excluding hydrogens is 464 g/mol. The Labute approximate surface area is 217 Å². The van der Waals surface area contributed by atoms with Crippen LogP contribution in [0.3, 0.4) is 0 Å². The maximum absolute atomic E-state index is 12.7. The average molecular weight is 495 g/mol. The van der Waals surface area contributed by atoms with Crippen LogP contribution in [0.25, 0.3) is 0 Å². The smallest absolute Gasteiger partial charge is 0.343 e. The van der Waals surface area contributed by atoms with Crippen molar-refractivity contribution in [3.63, 3.8) is 0 Å². The zero-order valence-corrected chi connectivity index (χ0v) is 21.5. The molecule has 37 heavy (non-hydrogen) atoms. The summed E-state index contributed by atoms with van der Waals surface area (Å²) < 4.78 is 16.1. The molecule has 0 radical (unpaired) electrons. The summed E-state index contributed by atoms with van der Waals surface area (Å²) in [5, 5.41) is 0. The molecule has 0 aliphatic rings. The van der Waals surface area contributed by atoms with Crippen molar-refractivity contribution >= 4 is 11.9 Å². The van der Waals surface area contributed by atoms with Crippen molar-refractivity contribution in [2.75, 3.05) is 7.11 Å². The normalized spacial score (nSPS) is 12.3. The molecule has 0 bridgehead atoms. The monoisotopic (exact) mass is 494 g/mol. The minimum atomic E-state index is -0.446. The van der Waals surface area contributed by atoms with Gasteiger partial charge in [-0.05, 0) is 85.1 Å². The summed E-state index contributed by atoms with van der Waals surface area (Å²) in [6, 6.07) is 29.7. The molecule has 1 unspecified atom stereocenters. The highest BCUT2D eigenvalue weighted by molar-refractivity contribution is 5.91. The van der Waals surface area contributed by atoms with Crippen molar-refractivity contribution in [1.29, 1.82) is 0 Å². The Kier molecular flexibility index (Phi) is 7.73. The third-order valence-electron chi connectivity index (χ3n) is 6.70. The molecule has 5 nitrogen and oxygen atoms in total. The number of aryl methyl sites for hydroxylation is 1. The van der Waals surface area contributed by atoms with Crippen LogP contribution < -0.4 is 9.47 Å². The van der Waals surface area contributed by atoms with Gasteiger partial charge in [0.2, 0.25) is 0 Å². The minimum Gasteiger partial charge on any atom is -0.465 e. The van der Waals surface area contributed by atoms with Crippen molar-refractivity contribution < 1.29 is 23.8 Å². The highest BCUT2D eigenvalue weighted by Gasteiger charge is 2.27. The average Bonchev–Trinajstić information content (AvgIpc) is 2.93. The number of methoxy groups -OCH3 is 1. The maximum Gasteiger partial charge on any atom is 0.343 e. The van der Waals surface area contributed by atoms with Gasteiger partial charge in [0.05, 0.1) is 18.2 Å². The second kappa shape index (κ2) is 11.1. The molecule has 0 saturated carbocycles. The summed E-state index contributed by atoms with van der Waals surface area (Å²) in [7, 11) is 1.34. The summed E-state index contributed by atoms with van der Waals surface area (Å²) in [6.45, 7) is 6.50. The third kappa shape index (κ3) is 5.89. The van der Waals surface area contributed by atoms with E-state index in [1.807, 2.05) is 24.3 Å². The third-order valence-corrected chi connectivity index (χ3v) is 6.70. The fourth-order valence-corrected chi connectivity index (χ4v) is 4.13. The second-order valence-corrected chi connectivity index (χ2v) is 9.11. The lowest BCUT2D eigenvalue weighted by molar-refractivity contribution is 0.0600. The Hall–Kier alpha value is -4.38. The fraction of sp³-hybridized carbons (Fsp3) is 0.188. The first-order valence-electron chi connectivity index (χ1n) is 12.2. The Bertz CT molecular complexity index is 1360. The number of carbonyl (C=O) groups is 2. The quantitative estimate of drug-likeness (QED) is 0.187. The molecule has 5 heteroatoms. The molecule has 0 fully saturated rings. The lowest BCUT2D eigenvalue weighted by atomic mass is 9.74. The van der Waals surface area contributed by atoms with E-state index in [9.17, 15) is 9.59 Å². The molecule has 0 spiro atoms. The molecule has 4 rings (SSSR count). The van der Waals surface area contributed by atoms with Crippen molar-refractivity contribution in [3.05, 3.63) is 125 Å². The van der Waals surface area contributed by atoms with Crippen LogP contribution in [0.2, 0.25) is 0 Å². The van der Waals surface area contributed by atoms with Gasteiger partial charge in [0.25, 0.3) is 0 Å². The van der Waals surface area contributed by atoms with Gasteiger partial charge in [0, 0.05) is 5.41 Å². The lowest BCUT2D eigenvalue weighted by Gasteiger charge is -2.30. The van der Waals surface area contributed by atoms with E-state index in [0.29, 0.717) is 28.4 Å². The molecule has 0 amide bonds. The zero-order chi connectivity index (χ0) is 26.4. The van der Waals surface area contributed by atoms with E-state index in [-0.39, 0.29) is 5.41 Å². The molecule has 0 aliphatic heterocycles. The molecule has 0 heterocycles. The summed E-state index contributed by atoms with van der Waals surface area (Å²) in [5.41, 5.74) is 4.38. The van der Waals surface area contributed by atoms with Gasteiger partial charge in [-0.2, -0.15) is 0 Å². The van der Waals surface area contributed by atoms with E-state index >= 15 is 0 Å². The van der Waals surface area contributed by atoms with Crippen molar-refractivity contribution in [2.45, 2.75) is 32.6 Å². The van der Waals surface area contributed by atoms with E-state index in [0.717, 1.165) is 6.42 Å². The fourth-order valence-electron chi connectivity index (χ4n) is 4.13. The molecule has 4 aromatic carbocycles. The predicted octanol–water partition coefficient (Wildman–Crippen LogP) is 7.51. The summed E-state index contributed by atoms with van der Waals surface area (Å²) in [6.07, 6.45) is 0.943. The van der Waals surface area contributed by atoms with Gasteiger partial charge in [-0.25, -0.2) is 9.59 Å². The molecule has 4 aromatic rings. The molecule has 0 saturated heterocycles. The van der Waals surface area contributed by atoms with Gasteiger partial charge in [-0.3, -0.25) is 0 Å². The second-order valence-electron chi connectivity index (χ2n) is 9.11. The topological polar surface area (TPSA) is 61.8 Å². The van der Waals surface area contributed by atoms with Crippen LogP contribution in [-0.2, 0) is 10.2 Å². The summed E-state index contributed by atoms with van der Waals surface area (Å²) in [4.78, 5) is 24.2. The van der Waals surface area contributed by atoms with Gasteiger partial charge < -0.3 is 14.2 Å².